The molecule has 3 aromatic carbocycles. The fraction of sp³-hybridized carbons (Fsp3) is 0.353. The lowest BCUT2D eigenvalue weighted by molar-refractivity contribution is -0.137. The lowest BCUT2D eigenvalue weighted by atomic mass is 10.0. The number of alkyl halides is 2. The van der Waals surface area contributed by atoms with Gasteiger partial charge in [-0.3, -0.25) is 9.59 Å². The first-order valence-corrected chi connectivity index (χ1v) is 16.9. The van der Waals surface area contributed by atoms with Crippen LogP contribution in [0.2, 0.25) is 5.02 Å². The molecule has 1 amide bonds. The summed E-state index contributed by atoms with van der Waals surface area (Å²) in [5.74, 6) is -0.367. The first kappa shape index (κ1) is 38.4. The van der Waals surface area contributed by atoms with E-state index < -0.39 is 17.7 Å². The van der Waals surface area contributed by atoms with Gasteiger partial charge < -0.3 is 31.5 Å². The standard InChI is InChI=1S/C18H27Cl2NO2.C16H13ClFN5O2/c19-12-14-21(15-13-20)17-10-7-6-9-16(17)8-4-2-1-3-5-11-18(22)23;1-25-13-6-12-8(5-11(13)19)15(23-16(22-12)14(20)24)21-7-2-3-10(18)9(17)4-7/h6-7,9-10H,1-5,8,11-15H2,(H,22,23);2-6H,19H2,1H3,(H2,20,24)(H,21,22,23). The van der Waals surface area contributed by atoms with Gasteiger partial charge in [-0.15, -0.1) is 23.2 Å². The molecule has 258 valence electrons. The molecule has 0 fully saturated rings. The predicted molar refractivity (Wildman–Crippen MR) is 193 cm³/mol. The Kier molecular flexibility index (Phi) is 15.7. The van der Waals surface area contributed by atoms with Crippen LogP contribution in [-0.4, -0.2) is 58.9 Å². The maximum Gasteiger partial charge on any atom is 0.303 e. The van der Waals surface area contributed by atoms with E-state index in [1.807, 2.05) is 0 Å². The summed E-state index contributed by atoms with van der Waals surface area (Å²) in [6.45, 7) is 1.61. The van der Waals surface area contributed by atoms with Crippen LogP contribution in [0.25, 0.3) is 10.9 Å². The number of unbranched alkanes of at least 4 members (excludes halogenated alkanes) is 4. The van der Waals surface area contributed by atoms with Gasteiger partial charge in [0.1, 0.15) is 17.4 Å². The fourth-order valence-electron chi connectivity index (χ4n) is 4.98. The molecule has 0 saturated carbocycles. The molecule has 0 unspecified atom stereocenters. The number of hydrogen-bond acceptors (Lipinski definition) is 8. The molecule has 0 atom stereocenters. The molecule has 4 aromatic rings. The molecule has 6 N–H and O–H groups in total. The van der Waals surface area contributed by atoms with E-state index in [1.54, 1.807) is 12.1 Å². The van der Waals surface area contributed by atoms with Crippen LogP contribution in [-0.2, 0) is 11.2 Å². The van der Waals surface area contributed by atoms with Crippen LogP contribution >= 0.6 is 34.8 Å². The molecule has 0 aliphatic rings. The molecular weight excluding hydrogens is 682 g/mol. The van der Waals surface area contributed by atoms with Gasteiger partial charge in [-0.25, -0.2) is 14.4 Å². The molecule has 0 radical (unpaired) electrons. The van der Waals surface area contributed by atoms with Crippen LogP contribution in [0.5, 0.6) is 5.75 Å². The highest BCUT2D eigenvalue weighted by Gasteiger charge is 2.15. The van der Waals surface area contributed by atoms with E-state index in [9.17, 15) is 14.0 Å². The molecular formula is C34H40Cl3FN6O4. The van der Waals surface area contributed by atoms with E-state index in [2.05, 4.69) is 44.5 Å². The second kappa shape index (κ2) is 19.7. The van der Waals surface area contributed by atoms with Gasteiger partial charge in [-0.2, -0.15) is 0 Å². The number of anilines is 4. The van der Waals surface area contributed by atoms with Gasteiger partial charge in [0, 0.05) is 54.1 Å². The zero-order valence-electron chi connectivity index (χ0n) is 26.7. The number of carbonyl (C=O) groups excluding carboxylic acids is 1. The number of fused-ring (bicyclic) bond motifs is 1. The largest absolute Gasteiger partial charge is 0.495 e. The Morgan fingerprint density at radius 1 is 0.979 bits per heavy atom. The quantitative estimate of drug-likeness (QED) is 0.0485. The summed E-state index contributed by atoms with van der Waals surface area (Å²) in [5.41, 5.74) is 15.0. The number of carboxylic acids is 1. The second-order valence-corrected chi connectivity index (χ2v) is 11.9. The van der Waals surface area contributed by atoms with Gasteiger partial charge >= 0.3 is 5.97 Å². The Labute approximate surface area is 294 Å². The molecule has 1 aromatic heterocycles. The number of aliphatic carboxylic acids is 1. The first-order chi connectivity index (χ1) is 23.1. The maximum absolute atomic E-state index is 13.3. The van der Waals surface area contributed by atoms with Gasteiger partial charge in [-0.05, 0) is 55.2 Å². The Morgan fingerprint density at radius 3 is 2.31 bits per heavy atom. The number of nitrogens with zero attached hydrogens (tertiary/aromatic N) is 3. The number of amides is 1. The lowest BCUT2D eigenvalue weighted by Crippen LogP contribution is -2.28. The highest BCUT2D eigenvalue weighted by atomic mass is 35.5. The molecule has 0 bridgehead atoms. The Hall–Kier alpha value is -4.06. The van der Waals surface area contributed by atoms with Gasteiger partial charge in [0.25, 0.3) is 5.91 Å². The number of nitrogens with one attached hydrogen (secondary N) is 1. The Balaban J connectivity index is 0.000000262. The summed E-state index contributed by atoms with van der Waals surface area (Å²) in [6, 6.07) is 15.7. The second-order valence-electron chi connectivity index (χ2n) is 10.8. The van der Waals surface area contributed by atoms with Crippen LogP contribution in [0.3, 0.4) is 0 Å². The third-order valence-electron chi connectivity index (χ3n) is 7.33. The normalized spacial score (nSPS) is 10.7. The number of benzene rings is 3. The van der Waals surface area contributed by atoms with Crippen molar-refractivity contribution in [2.75, 3.05) is 47.9 Å². The summed E-state index contributed by atoms with van der Waals surface area (Å²) < 4.78 is 18.5. The average molecular weight is 722 g/mol. The van der Waals surface area contributed by atoms with Crippen LogP contribution in [0.15, 0.2) is 54.6 Å². The van der Waals surface area contributed by atoms with Gasteiger partial charge in [0.15, 0.2) is 0 Å². The number of hydrogen-bond donors (Lipinski definition) is 4. The number of nitrogen functional groups attached to an aromatic ring is 1. The van der Waals surface area contributed by atoms with E-state index in [0.29, 0.717) is 39.8 Å². The fourth-order valence-corrected chi connectivity index (χ4v) is 5.56. The van der Waals surface area contributed by atoms with Crippen molar-refractivity contribution >= 4 is 80.5 Å². The molecule has 0 spiro atoms. The molecule has 14 heteroatoms. The highest BCUT2D eigenvalue weighted by molar-refractivity contribution is 6.31. The van der Waals surface area contributed by atoms with Crippen molar-refractivity contribution in [3.63, 3.8) is 0 Å². The molecule has 0 saturated heterocycles. The predicted octanol–water partition coefficient (Wildman–Crippen LogP) is 7.79. The van der Waals surface area contributed by atoms with Crippen LogP contribution in [0.4, 0.5) is 27.3 Å². The number of methoxy groups -OCH3 is 1. The van der Waals surface area contributed by atoms with Crippen molar-refractivity contribution in [2.24, 2.45) is 5.73 Å². The van der Waals surface area contributed by atoms with Crippen molar-refractivity contribution in [2.45, 2.75) is 44.9 Å². The number of aromatic nitrogens is 2. The summed E-state index contributed by atoms with van der Waals surface area (Å²) >= 11 is 17.6. The summed E-state index contributed by atoms with van der Waals surface area (Å²) in [4.78, 5) is 32.4. The Bertz CT molecular complexity index is 1670. The number of carbonyl (C=O) groups is 2. The van der Waals surface area contributed by atoms with Gasteiger partial charge in [0.2, 0.25) is 5.82 Å². The minimum atomic E-state index is -0.794. The number of para-hydroxylation sites is 1. The minimum Gasteiger partial charge on any atom is -0.495 e. The van der Waals surface area contributed by atoms with E-state index in [1.165, 1.54) is 36.6 Å². The monoisotopic (exact) mass is 720 g/mol. The third-order valence-corrected chi connectivity index (χ3v) is 7.96. The van der Waals surface area contributed by atoms with Crippen molar-refractivity contribution in [3.8, 4) is 5.75 Å². The minimum absolute atomic E-state index is 0.0559. The molecule has 1 heterocycles. The van der Waals surface area contributed by atoms with Gasteiger partial charge in [0.05, 0.1) is 23.3 Å². The number of nitrogens with two attached hydrogens (primary N) is 2. The zero-order valence-corrected chi connectivity index (χ0v) is 28.9. The van der Waals surface area contributed by atoms with Crippen LogP contribution in [0, 0.1) is 5.82 Å². The van der Waals surface area contributed by atoms with Crippen molar-refractivity contribution < 1.29 is 23.8 Å². The van der Waals surface area contributed by atoms with Crippen LogP contribution < -0.4 is 26.4 Å². The Morgan fingerprint density at radius 2 is 1.67 bits per heavy atom. The summed E-state index contributed by atoms with van der Waals surface area (Å²) in [6.07, 6.45) is 6.47. The number of carboxylic acid groups (broad SMARTS) is 1. The number of halogens is 4. The van der Waals surface area contributed by atoms with E-state index >= 15 is 0 Å². The zero-order chi connectivity index (χ0) is 35.1. The first-order valence-electron chi connectivity index (χ1n) is 15.4. The van der Waals surface area contributed by atoms with Gasteiger partial charge in [-0.1, -0.05) is 49.1 Å². The average Bonchev–Trinajstić information content (AvgIpc) is 3.06. The van der Waals surface area contributed by atoms with Crippen molar-refractivity contribution in [1.82, 2.24) is 9.97 Å². The highest BCUT2D eigenvalue weighted by Crippen LogP contribution is 2.32. The van der Waals surface area contributed by atoms with Crippen LogP contribution in [0.1, 0.15) is 54.7 Å². The maximum atomic E-state index is 13.3. The number of primary amides is 1. The third kappa shape index (κ3) is 11.6. The number of rotatable bonds is 17. The van der Waals surface area contributed by atoms with E-state index in [0.717, 1.165) is 51.6 Å². The SMILES string of the molecule is COc1cc2nc(C(N)=O)nc(Nc3ccc(F)c(Cl)c3)c2cc1N.O=C(O)CCCCCCCc1ccccc1N(CCCl)CCCl. The smallest absolute Gasteiger partial charge is 0.303 e. The molecule has 4 rings (SSSR count). The van der Waals surface area contributed by atoms with E-state index in [-0.39, 0.29) is 23.1 Å². The lowest BCUT2D eigenvalue weighted by Gasteiger charge is -2.25. The molecule has 0 aliphatic carbocycles. The summed E-state index contributed by atoms with van der Waals surface area (Å²) in [7, 11) is 1.47. The summed E-state index contributed by atoms with van der Waals surface area (Å²) in [5, 5.41) is 12.1. The molecule has 48 heavy (non-hydrogen) atoms. The topological polar surface area (TPSA) is 157 Å². The van der Waals surface area contributed by atoms with Crippen molar-refractivity contribution in [3.05, 3.63) is 76.8 Å². The molecule has 10 nitrogen and oxygen atoms in total. The van der Waals surface area contributed by atoms with E-state index in [4.69, 9.17) is 56.1 Å². The number of aryl methyl sites for hydroxylation is 1. The van der Waals surface area contributed by atoms with Crippen molar-refractivity contribution in [1.29, 1.82) is 0 Å². The molecule has 0 aliphatic heterocycles. The number of ether oxygens (including phenoxy) is 1.